The summed E-state index contributed by atoms with van der Waals surface area (Å²) < 4.78 is 7.16. The van der Waals surface area contributed by atoms with Gasteiger partial charge in [-0.05, 0) is 25.2 Å². The molecule has 2 rings (SSSR count). The Labute approximate surface area is 131 Å². The van der Waals surface area contributed by atoms with E-state index in [1.165, 1.54) is 0 Å². The standard InChI is InChI=1S/C15H26N4O3/c1-11(2)6-8-22-15(21)19-7-4-5-12(9-19)14-17-16-13(10-20)18(14)3/h11-12,20H,4-10H2,1-3H3. The molecule has 1 unspecified atom stereocenters. The molecule has 0 saturated carbocycles. The van der Waals surface area contributed by atoms with E-state index in [4.69, 9.17) is 4.74 Å². The molecule has 0 bridgehead atoms. The minimum Gasteiger partial charge on any atom is -0.449 e. The Kier molecular flexibility index (Phi) is 5.76. The van der Waals surface area contributed by atoms with Gasteiger partial charge in [0.2, 0.25) is 0 Å². The Hall–Kier alpha value is -1.63. The molecule has 1 aromatic rings. The number of aliphatic hydroxyl groups excluding tert-OH is 1. The van der Waals surface area contributed by atoms with Gasteiger partial charge in [-0.15, -0.1) is 10.2 Å². The summed E-state index contributed by atoms with van der Waals surface area (Å²) in [5.41, 5.74) is 0. The second-order valence-corrected chi connectivity index (χ2v) is 6.27. The van der Waals surface area contributed by atoms with E-state index in [-0.39, 0.29) is 18.6 Å². The van der Waals surface area contributed by atoms with Crippen LogP contribution in [0.2, 0.25) is 0 Å². The van der Waals surface area contributed by atoms with E-state index in [9.17, 15) is 9.90 Å². The Morgan fingerprint density at radius 3 is 2.86 bits per heavy atom. The third-order valence-corrected chi connectivity index (χ3v) is 4.11. The molecule has 1 amide bonds. The van der Waals surface area contributed by atoms with Crippen LogP contribution in [0.5, 0.6) is 0 Å². The van der Waals surface area contributed by atoms with E-state index < -0.39 is 0 Å². The molecule has 22 heavy (non-hydrogen) atoms. The van der Waals surface area contributed by atoms with Crippen LogP contribution in [0, 0.1) is 5.92 Å². The molecule has 0 radical (unpaired) electrons. The number of rotatable bonds is 5. The maximum absolute atomic E-state index is 12.1. The monoisotopic (exact) mass is 310 g/mol. The van der Waals surface area contributed by atoms with E-state index in [1.807, 2.05) is 11.6 Å². The number of carbonyl (C=O) groups excluding carboxylic acids is 1. The van der Waals surface area contributed by atoms with Gasteiger partial charge < -0.3 is 19.3 Å². The smallest absolute Gasteiger partial charge is 0.409 e. The van der Waals surface area contributed by atoms with Crippen LogP contribution in [0.25, 0.3) is 0 Å². The molecular weight excluding hydrogens is 284 g/mol. The average molecular weight is 310 g/mol. The number of hydrogen-bond donors (Lipinski definition) is 1. The van der Waals surface area contributed by atoms with E-state index in [1.54, 1.807) is 4.90 Å². The Morgan fingerprint density at radius 2 is 2.23 bits per heavy atom. The van der Waals surface area contributed by atoms with Gasteiger partial charge in [0, 0.05) is 26.1 Å². The molecule has 1 aromatic heterocycles. The summed E-state index contributed by atoms with van der Waals surface area (Å²) in [6.45, 7) is 5.88. The topological polar surface area (TPSA) is 80.5 Å². The Bertz CT molecular complexity index is 501. The van der Waals surface area contributed by atoms with Gasteiger partial charge in [0.15, 0.2) is 5.82 Å². The number of carbonyl (C=O) groups is 1. The molecule has 2 heterocycles. The van der Waals surface area contributed by atoms with Crippen LogP contribution >= 0.6 is 0 Å². The summed E-state index contributed by atoms with van der Waals surface area (Å²) in [6, 6.07) is 0. The molecular formula is C15H26N4O3. The molecule has 7 nitrogen and oxygen atoms in total. The molecule has 1 N–H and O–H groups in total. The van der Waals surface area contributed by atoms with Crippen molar-refractivity contribution in [2.75, 3.05) is 19.7 Å². The minimum absolute atomic E-state index is 0.128. The van der Waals surface area contributed by atoms with Crippen molar-refractivity contribution in [3.63, 3.8) is 0 Å². The lowest BCUT2D eigenvalue weighted by Gasteiger charge is -2.31. The fourth-order valence-electron chi connectivity index (χ4n) is 2.70. The molecule has 7 heteroatoms. The zero-order valence-corrected chi connectivity index (χ0v) is 13.7. The second-order valence-electron chi connectivity index (χ2n) is 6.27. The Balaban J connectivity index is 1.93. The summed E-state index contributed by atoms with van der Waals surface area (Å²) in [7, 11) is 1.85. The zero-order chi connectivity index (χ0) is 16.1. The van der Waals surface area contributed by atoms with Gasteiger partial charge in [0.05, 0.1) is 6.61 Å². The van der Waals surface area contributed by atoms with Crippen molar-refractivity contribution >= 4 is 6.09 Å². The summed E-state index contributed by atoms with van der Waals surface area (Å²) in [6.07, 6.45) is 2.53. The number of piperidine rings is 1. The first-order valence-corrected chi connectivity index (χ1v) is 7.93. The maximum Gasteiger partial charge on any atom is 0.409 e. The fourth-order valence-corrected chi connectivity index (χ4v) is 2.70. The molecule has 1 saturated heterocycles. The van der Waals surface area contributed by atoms with E-state index >= 15 is 0 Å². The van der Waals surface area contributed by atoms with Crippen LogP contribution in [0.15, 0.2) is 0 Å². The van der Waals surface area contributed by atoms with Gasteiger partial charge in [0.25, 0.3) is 0 Å². The number of amides is 1. The first-order valence-electron chi connectivity index (χ1n) is 7.93. The largest absolute Gasteiger partial charge is 0.449 e. The van der Waals surface area contributed by atoms with Crippen LogP contribution < -0.4 is 0 Å². The van der Waals surface area contributed by atoms with Gasteiger partial charge in [-0.3, -0.25) is 0 Å². The third kappa shape index (κ3) is 3.97. The van der Waals surface area contributed by atoms with Crippen molar-refractivity contribution in [1.29, 1.82) is 0 Å². The first kappa shape index (κ1) is 16.7. The van der Waals surface area contributed by atoms with Crippen molar-refractivity contribution in [2.24, 2.45) is 13.0 Å². The van der Waals surface area contributed by atoms with Gasteiger partial charge in [-0.25, -0.2) is 4.79 Å². The minimum atomic E-state index is -0.241. The van der Waals surface area contributed by atoms with Crippen LogP contribution in [-0.2, 0) is 18.4 Å². The molecule has 1 fully saturated rings. The molecule has 1 aliphatic heterocycles. The average Bonchev–Trinajstić information content (AvgIpc) is 2.87. The molecule has 1 aliphatic rings. The molecule has 124 valence electrons. The summed E-state index contributed by atoms with van der Waals surface area (Å²) in [5.74, 6) is 2.04. The predicted molar refractivity (Wildman–Crippen MR) is 81.3 cm³/mol. The molecule has 0 aliphatic carbocycles. The molecule has 0 spiro atoms. The highest BCUT2D eigenvalue weighted by atomic mass is 16.6. The number of hydrogen-bond acceptors (Lipinski definition) is 5. The van der Waals surface area contributed by atoms with Crippen molar-refractivity contribution in [2.45, 2.75) is 45.6 Å². The van der Waals surface area contributed by atoms with Crippen molar-refractivity contribution in [3.8, 4) is 0 Å². The molecule has 0 aromatic carbocycles. The van der Waals surface area contributed by atoms with E-state index in [0.717, 1.165) is 31.6 Å². The van der Waals surface area contributed by atoms with Gasteiger partial charge in [-0.1, -0.05) is 13.8 Å². The van der Waals surface area contributed by atoms with Crippen LogP contribution in [0.1, 0.15) is 50.7 Å². The van der Waals surface area contributed by atoms with Crippen molar-refractivity contribution in [3.05, 3.63) is 11.6 Å². The van der Waals surface area contributed by atoms with Crippen molar-refractivity contribution < 1.29 is 14.6 Å². The number of likely N-dealkylation sites (tertiary alicyclic amines) is 1. The molecule has 1 atom stereocenters. The highest BCUT2D eigenvalue weighted by Gasteiger charge is 2.29. The van der Waals surface area contributed by atoms with E-state index in [2.05, 4.69) is 24.0 Å². The third-order valence-electron chi connectivity index (χ3n) is 4.11. The lowest BCUT2D eigenvalue weighted by atomic mass is 9.97. The number of aliphatic hydroxyl groups is 1. The predicted octanol–water partition coefficient (Wildman–Crippen LogP) is 1.67. The van der Waals surface area contributed by atoms with Gasteiger partial charge in [0.1, 0.15) is 12.4 Å². The lowest BCUT2D eigenvalue weighted by Crippen LogP contribution is -2.40. The number of nitrogens with zero attached hydrogens (tertiary/aromatic N) is 4. The Morgan fingerprint density at radius 1 is 1.45 bits per heavy atom. The highest BCUT2D eigenvalue weighted by Crippen LogP contribution is 2.26. The van der Waals surface area contributed by atoms with Gasteiger partial charge >= 0.3 is 6.09 Å². The van der Waals surface area contributed by atoms with Crippen LogP contribution in [0.3, 0.4) is 0 Å². The lowest BCUT2D eigenvalue weighted by molar-refractivity contribution is 0.0870. The highest BCUT2D eigenvalue weighted by molar-refractivity contribution is 5.67. The summed E-state index contributed by atoms with van der Waals surface area (Å²) >= 11 is 0. The SMILES string of the molecule is CC(C)CCOC(=O)N1CCCC(c2nnc(CO)n2C)C1. The fraction of sp³-hybridized carbons (Fsp3) is 0.800. The van der Waals surface area contributed by atoms with E-state index in [0.29, 0.717) is 24.9 Å². The zero-order valence-electron chi connectivity index (χ0n) is 13.7. The van der Waals surface area contributed by atoms with Crippen LogP contribution in [-0.4, -0.2) is 50.6 Å². The normalized spacial score (nSPS) is 18.8. The number of ether oxygens (including phenoxy) is 1. The summed E-state index contributed by atoms with van der Waals surface area (Å²) in [4.78, 5) is 13.9. The maximum atomic E-state index is 12.1. The quantitative estimate of drug-likeness (QED) is 0.895. The van der Waals surface area contributed by atoms with Crippen LogP contribution in [0.4, 0.5) is 4.79 Å². The second kappa shape index (κ2) is 7.58. The van der Waals surface area contributed by atoms with Crippen molar-refractivity contribution in [1.82, 2.24) is 19.7 Å². The van der Waals surface area contributed by atoms with Gasteiger partial charge in [-0.2, -0.15) is 0 Å². The number of aromatic nitrogens is 3. The first-order chi connectivity index (χ1) is 10.5. The summed E-state index contributed by atoms with van der Waals surface area (Å²) in [5, 5.41) is 17.3.